The van der Waals surface area contributed by atoms with Gasteiger partial charge in [0.1, 0.15) is 0 Å². The SMILES string of the molecule is Cc1c(S(=O)(=O)Nc2ccncc2F)c(N)nn1C. The topological polar surface area (TPSA) is 103 Å². The summed E-state index contributed by atoms with van der Waals surface area (Å²) in [7, 11) is -2.44. The molecule has 0 fully saturated rings. The lowest BCUT2D eigenvalue weighted by Crippen LogP contribution is -2.16. The summed E-state index contributed by atoms with van der Waals surface area (Å²) in [5.41, 5.74) is 5.73. The first kappa shape index (κ1) is 13.3. The highest BCUT2D eigenvalue weighted by Gasteiger charge is 2.25. The fourth-order valence-electron chi connectivity index (χ4n) is 1.60. The molecule has 2 heterocycles. The molecule has 0 unspecified atom stereocenters. The zero-order valence-corrected chi connectivity index (χ0v) is 11.1. The predicted octanol–water partition coefficient (Wildman–Crippen LogP) is 0.646. The van der Waals surface area contributed by atoms with E-state index < -0.39 is 15.8 Å². The van der Waals surface area contributed by atoms with Crippen molar-refractivity contribution in [2.75, 3.05) is 10.5 Å². The van der Waals surface area contributed by atoms with E-state index in [2.05, 4.69) is 14.8 Å². The van der Waals surface area contributed by atoms with Gasteiger partial charge in [-0.15, -0.1) is 0 Å². The van der Waals surface area contributed by atoms with Crippen LogP contribution in [0, 0.1) is 12.7 Å². The first-order valence-corrected chi connectivity index (χ1v) is 6.72. The zero-order valence-electron chi connectivity index (χ0n) is 10.3. The molecular formula is C10H12FN5O2S. The van der Waals surface area contributed by atoms with Crippen LogP contribution in [0.15, 0.2) is 23.4 Å². The number of halogens is 1. The van der Waals surface area contributed by atoms with Crippen molar-refractivity contribution in [3.8, 4) is 0 Å². The van der Waals surface area contributed by atoms with Crippen LogP contribution in [0.25, 0.3) is 0 Å². The number of anilines is 2. The van der Waals surface area contributed by atoms with Gasteiger partial charge in [-0.25, -0.2) is 12.8 Å². The Hall–Kier alpha value is -2.16. The van der Waals surface area contributed by atoms with Gasteiger partial charge in [-0.3, -0.25) is 14.4 Å². The van der Waals surface area contributed by atoms with E-state index in [1.165, 1.54) is 16.9 Å². The van der Waals surface area contributed by atoms with Gasteiger partial charge in [0.05, 0.1) is 17.6 Å². The van der Waals surface area contributed by atoms with Crippen molar-refractivity contribution in [3.05, 3.63) is 30.0 Å². The maximum absolute atomic E-state index is 13.4. The molecule has 0 aliphatic heterocycles. The number of sulfonamides is 1. The molecule has 0 aliphatic carbocycles. The molecule has 2 aromatic rings. The molecule has 0 radical (unpaired) electrons. The van der Waals surface area contributed by atoms with Gasteiger partial charge in [-0.2, -0.15) is 5.10 Å². The van der Waals surface area contributed by atoms with Crippen molar-refractivity contribution in [1.29, 1.82) is 0 Å². The molecule has 0 amide bonds. The van der Waals surface area contributed by atoms with Gasteiger partial charge in [0, 0.05) is 13.2 Å². The average Bonchev–Trinajstić information content (AvgIpc) is 2.56. The lowest BCUT2D eigenvalue weighted by molar-refractivity contribution is 0.597. The number of hydrogen-bond acceptors (Lipinski definition) is 5. The summed E-state index contributed by atoms with van der Waals surface area (Å²) in [4.78, 5) is 3.38. The third kappa shape index (κ3) is 2.36. The van der Waals surface area contributed by atoms with Crippen molar-refractivity contribution in [2.24, 2.45) is 7.05 Å². The summed E-state index contributed by atoms with van der Waals surface area (Å²) in [5, 5.41) is 3.81. The molecule has 0 bridgehead atoms. The maximum atomic E-state index is 13.4. The number of aromatic nitrogens is 3. The maximum Gasteiger partial charge on any atom is 0.267 e. The van der Waals surface area contributed by atoms with E-state index in [0.717, 1.165) is 6.20 Å². The molecule has 0 saturated carbocycles. The van der Waals surface area contributed by atoms with Crippen molar-refractivity contribution in [2.45, 2.75) is 11.8 Å². The van der Waals surface area contributed by atoms with E-state index in [-0.39, 0.29) is 16.4 Å². The number of aryl methyl sites for hydroxylation is 1. The molecule has 9 heteroatoms. The zero-order chi connectivity index (χ0) is 14.2. The van der Waals surface area contributed by atoms with Crippen LogP contribution in [-0.4, -0.2) is 23.2 Å². The number of pyridine rings is 1. The van der Waals surface area contributed by atoms with Crippen LogP contribution in [0.3, 0.4) is 0 Å². The van der Waals surface area contributed by atoms with Gasteiger partial charge >= 0.3 is 0 Å². The van der Waals surface area contributed by atoms with Crippen molar-refractivity contribution >= 4 is 21.5 Å². The van der Waals surface area contributed by atoms with Crippen molar-refractivity contribution < 1.29 is 12.8 Å². The third-order valence-electron chi connectivity index (χ3n) is 2.59. The van der Waals surface area contributed by atoms with Gasteiger partial charge in [0.2, 0.25) is 0 Å². The molecule has 0 atom stereocenters. The Morgan fingerprint density at radius 3 is 2.68 bits per heavy atom. The van der Waals surface area contributed by atoms with E-state index in [9.17, 15) is 12.8 Å². The van der Waals surface area contributed by atoms with Gasteiger partial charge in [-0.1, -0.05) is 0 Å². The average molecular weight is 285 g/mol. The minimum Gasteiger partial charge on any atom is -0.381 e. The van der Waals surface area contributed by atoms with Crippen LogP contribution >= 0.6 is 0 Å². The molecular weight excluding hydrogens is 273 g/mol. The van der Waals surface area contributed by atoms with Crippen LogP contribution in [0.4, 0.5) is 15.9 Å². The molecule has 7 nitrogen and oxygen atoms in total. The van der Waals surface area contributed by atoms with Gasteiger partial charge in [-0.05, 0) is 13.0 Å². The fraction of sp³-hybridized carbons (Fsp3) is 0.200. The molecule has 2 aromatic heterocycles. The Labute approximate surface area is 109 Å². The van der Waals surface area contributed by atoms with Crippen LogP contribution < -0.4 is 10.5 Å². The summed E-state index contributed by atoms with van der Waals surface area (Å²) in [5.74, 6) is -0.909. The second-order valence-corrected chi connectivity index (χ2v) is 5.50. The first-order chi connectivity index (χ1) is 8.83. The second kappa shape index (κ2) is 4.50. The summed E-state index contributed by atoms with van der Waals surface area (Å²) < 4.78 is 41.2. The van der Waals surface area contributed by atoms with Gasteiger partial charge in [0.25, 0.3) is 10.0 Å². The number of nitrogens with two attached hydrogens (primary N) is 1. The Morgan fingerprint density at radius 2 is 2.16 bits per heavy atom. The fourth-order valence-corrected chi connectivity index (χ4v) is 2.99. The number of nitrogens with one attached hydrogen (secondary N) is 1. The van der Waals surface area contributed by atoms with E-state index in [4.69, 9.17) is 5.73 Å². The molecule has 0 saturated heterocycles. The minimum absolute atomic E-state index is 0.137. The Kier molecular flexibility index (Phi) is 3.14. The molecule has 2 rings (SSSR count). The molecule has 0 aromatic carbocycles. The monoisotopic (exact) mass is 285 g/mol. The highest BCUT2D eigenvalue weighted by Crippen LogP contribution is 2.24. The quantitative estimate of drug-likeness (QED) is 0.861. The molecule has 102 valence electrons. The lowest BCUT2D eigenvalue weighted by atomic mass is 10.4. The Balaban J connectivity index is 2.47. The molecule has 19 heavy (non-hydrogen) atoms. The van der Waals surface area contributed by atoms with Crippen LogP contribution in [0.2, 0.25) is 0 Å². The summed E-state index contributed by atoms with van der Waals surface area (Å²) >= 11 is 0. The smallest absolute Gasteiger partial charge is 0.267 e. The van der Waals surface area contributed by atoms with Crippen LogP contribution in [0.5, 0.6) is 0 Å². The lowest BCUT2D eigenvalue weighted by Gasteiger charge is -2.08. The number of nitrogen functional groups attached to an aromatic ring is 1. The van der Waals surface area contributed by atoms with Crippen LogP contribution in [-0.2, 0) is 17.1 Å². The van der Waals surface area contributed by atoms with Gasteiger partial charge < -0.3 is 5.73 Å². The molecule has 3 N–H and O–H groups in total. The summed E-state index contributed by atoms with van der Waals surface area (Å²) in [6.07, 6.45) is 2.19. The molecule has 0 spiro atoms. The summed E-state index contributed by atoms with van der Waals surface area (Å²) in [6.45, 7) is 1.56. The number of hydrogen-bond donors (Lipinski definition) is 2. The van der Waals surface area contributed by atoms with E-state index in [0.29, 0.717) is 5.69 Å². The minimum atomic E-state index is -4.00. The van der Waals surface area contributed by atoms with E-state index in [1.807, 2.05) is 0 Å². The van der Waals surface area contributed by atoms with Crippen LogP contribution in [0.1, 0.15) is 5.69 Å². The van der Waals surface area contributed by atoms with Crippen molar-refractivity contribution in [1.82, 2.24) is 14.8 Å². The largest absolute Gasteiger partial charge is 0.381 e. The van der Waals surface area contributed by atoms with E-state index >= 15 is 0 Å². The van der Waals surface area contributed by atoms with Gasteiger partial charge in [0.15, 0.2) is 16.5 Å². The Bertz CT molecular complexity index is 726. The normalized spacial score (nSPS) is 11.5. The van der Waals surface area contributed by atoms with Crippen molar-refractivity contribution in [3.63, 3.8) is 0 Å². The third-order valence-corrected chi connectivity index (χ3v) is 4.12. The Morgan fingerprint density at radius 1 is 1.47 bits per heavy atom. The highest BCUT2D eigenvalue weighted by molar-refractivity contribution is 7.93. The first-order valence-electron chi connectivity index (χ1n) is 5.24. The predicted molar refractivity (Wildman–Crippen MR) is 67.4 cm³/mol. The second-order valence-electron chi connectivity index (χ2n) is 3.88. The number of rotatable bonds is 3. The van der Waals surface area contributed by atoms with E-state index in [1.54, 1.807) is 14.0 Å². The highest BCUT2D eigenvalue weighted by atomic mass is 32.2. The molecule has 0 aliphatic rings. The summed E-state index contributed by atoms with van der Waals surface area (Å²) in [6, 6.07) is 1.22. The standard InChI is InChI=1S/C10H12FN5O2S/c1-6-9(10(12)14-16(6)2)19(17,18)15-8-3-4-13-5-7(8)11/h3-5H,1-2H3,(H2,12,14)(H,13,15). The number of nitrogens with zero attached hydrogens (tertiary/aromatic N) is 3.